The van der Waals surface area contributed by atoms with Gasteiger partial charge < -0.3 is 9.84 Å². The zero-order valence-corrected chi connectivity index (χ0v) is 16.7. The Morgan fingerprint density at radius 2 is 2.07 bits per heavy atom. The monoisotopic (exact) mass is 371 g/mol. The lowest BCUT2D eigenvalue weighted by Crippen LogP contribution is -2.68. The van der Waals surface area contributed by atoms with Gasteiger partial charge in [0.05, 0.1) is 13.0 Å². The van der Waals surface area contributed by atoms with E-state index in [0.29, 0.717) is 24.5 Å². The smallest absolute Gasteiger partial charge is 0.309 e. The highest BCUT2D eigenvalue weighted by Gasteiger charge is 2.75. The van der Waals surface area contributed by atoms with Crippen LogP contribution in [0.1, 0.15) is 51.9 Å². The van der Waals surface area contributed by atoms with E-state index >= 15 is 0 Å². The van der Waals surface area contributed by atoms with Crippen LogP contribution in [0.25, 0.3) is 0 Å². The molecule has 2 saturated carbocycles. The highest BCUT2D eigenvalue weighted by Crippen LogP contribution is 2.76. The van der Waals surface area contributed by atoms with E-state index in [4.69, 9.17) is 4.74 Å². The number of carbonyl (C=O) groups is 1. The molecule has 148 valence electrons. The van der Waals surface area contributed by atoms with Gasteiger partial charge in [-0.25, -0.2) is 0 Å². The molecule has 2 saturated heterocycles. The molecule has 4 bridgehead atoms. The molecule has 0 amide bonds. The van der Waals surface area contributed by atoms with Crippen LogP contribution in [0, 0.1) is 40.4 Å². The molecule has 0 aromatic heterocycles. The van der Waals surface area contributed by atoms with E-state index in [-0.39, 0.29) is 22.7 Å². The largest absolute Gasteiger partial charge is 0.469 e. The fourth-order valence-corrected chi connectivity index (χ4v) is 9.47. The molecular formula is C23H33NO3. The Hall–Kier alpha value is -0.870. The third-order valence-corrected chi connectivity index (χ3v) is 10.2. The zero-order valence-electron chi connectivity index (χ0n) is 16.7. The van der Waals surface area contributed by atoms with Gasteiger partial charge in [-0.15, -0.1) is 0 Å². The standard InChI is InChI=1S/C23H33NO3/c1-13-10-24-11-15-5-3-14-4-6-17-18(21(26)27-2)9-23(19(14)17)20(24)16(13)7-8-22(15,23)12-25/h13,15-18,20,25H,3-12H2,1-2H3/t13-,15+,16+,17+,18-,20-,22+,23-/m0/s1. The van der Waals surface area contributed by atoms with Crippen LogP contribution < -0.4 is 0 Å². The summed E-state index contributed by atoms with van der Waals surface area (Å²) in [5, 5.41) is 10.9. The molecular weight excluding hydrogens is 338 g/mol. The maximum absolute atomic E-state index is 12.8. The van der Waals surface area contributed by atoms with E-state index in [0.717, 1.165) is 31.1 Å². The minimum atomic E-state index is -0.00281. The molecule has 1 spiro atoms. The van der Waals surface area contributed by atoms with Crippen LogP contribution in [0.2, 0.25) is 0 Å². The summed E-state index contributed by atoms with van der Waals surface area (Å²) in [6, 6.07) is 0.544. The average molecular weight is 372 g/mol. The second-order valence-electron chi connectivity index (χ2n) is 10.6. The second-order valence-corrected chi connectivity index (χ2v) is 10.6. The molecule has 2 heterocycles. The Balaban J connectivity index is 1.61. The van der Waals surface area contributed by atoms with E-state index in [1.165, 1.54) is 38.8 Å². The molecule has 6 aliphatic rings. The minimum absolute atomic E-state index is 0.000111. The first-order chi connectivity index (χ1) is 13.1. The highest BCUT2D eigenvalue weighted by atomic mass is 16.5. The number of esters is 1. The summed E-state index contributed by atoms with van der Waals surface area (Å²) in [6.45, 7) is 5.13. The fraction of sp³-hybridized carbons (Fsp3) is 0.870. The van der Waals surface area contributed by atoms with Gasteiger partial charge in [-0.2, -0.15) is 0 Å². The quantitative estimate of drug-likeness (QED) is 0.599. The van der Waals surface area contributed by atoms with Crippen LogP contribution >= 0.6 is 0 Å². The third-order valence-electron chi connectivity index (χ3n) is 10.2. The Kier molecular flexibility index (Phi) is 3.40. The van der Waals surface area contributed by atoms with Crippen molar-refractivity contribution in [2.24, 2.45) is 40.4 Å². The highest BCUT2D eigenvalue weighted by molar-refractivity contribution is 5.75. The van der Waals surface area contributed by atoms with E-state index in [1.54, 1.807) is 18.3 Å². The van der Waals surface area contributed by atoms with Gasteiger partial charge in [0.15, 0.2) is 0 Å². The number of aliphatic hydroxyl groups is 1. The van der Waals surface area contributed by atoms with Crippen LogP contribution in [0.4, 0.5) is 0 Å². The topological polar surface area (TPSA) is 49.8 Å². The molecule has 6 rings (SSSR count). The number of ether oxygens (including phenoxy) is 1. The van der Waals surface area contributed by atoms with Crippen LogP contribution in [0.3, 0.4) is 0 Å². The first-order valence-corrected chi connectivity index (χ1v) is 11.2. The van der Waals surface area contributed by atoms with Gasteiger partial charge in [0.2, 0.25) is 0 Å². The summed E-state index contributed by atoms with van der Waals surface area (Å²) in [5.41, 5.74) is 3.36. The predicted octanol–water partition coefficient (Wildman–Crippen LogP) is 3.00. The van der Waals surface area contributed by atoms with Gasteiger partial charge in [0.25, 0.3) is 0 Å². The summed E-state index contributed by atoms with van der Waals surface area (Å²) in [4.78, 5) is 15.6. The van der Waals surface area contributed by atoms with Crippen LogP contribution in [-0.4, -0.2) is 48.8 Å². The van der Waals surface area contributed by atoms with Crippen molar-refractivity contribution in [2.45, 2.75) is 57.9 Å². The maximum atomic E-state index is 12.8. The summed E-state index contributed by atoms with van der Waals surface area (Å²) < 4.78 is 5.30. The molecule has 0 unspecified atom stereocenters. The Morgan fingerprint density at radius 1 is 1.26 bits per heavy atom. The van der Waals surface area contributed by atoms with E-state index < -0.39 is 0 Å². The molecule has 2 aliphatic heterocycles. The number of aliphatic hydroxyl groups excluding tert-OH is 1. The lowest BCUT2D eigenvalue weighted by molar-refractivity contribution is -0.173. The van der Waals surface area contributed by atoms with Crippen molar-refractivity contribution in [3.63, 3.8) is 0 Å². The van der Waals surface area contributed by atoms with Crippen molar-refractivity contribution in [3.8, 4) is 0 Å². The molecule has 0 radical (unpaired) electrons. The number of allylic oxidation sites excluding steroid dienone is 1. The number of hydrogen-bond donors (Lipinski definition) is 1. The Morgan fingerprint density at radius 3 is 2.85 bits per heavy atom. The number of carbonyl (C=O) groups excluding carboxylic acids is 1. The summed E-state index contributed by atoms with van der Waals surface area (Å²) in [5.74, 6) is 2.44. The van der Waals surface area contributed by atoms with Gasteiger partial charge in [-0.1, -0.05) is 18.1 Å². The summed E-state index contributed by atoms with van der Waals surface area (Å²) in [6.07, 6.45) is 8.10. The van der Waals surface area contributed by atoms with Crippen molar-refractivity contribution in [3.05, 3.63) is 11.1 Å². The Labute approximate surface area is 162 Å². The second kappa shape index (κ2) is 5.38. The van der Waals surface area contributed by atoms with Crippen molar-refractivity contribution in [1.29, 1.82) is 0 Å². The molecule has 0 aromatic carbocycles. The zero-order chi connectivity index (χ0) is 18.6. The van der Waals surface area contributed by atoms with Gasteiger partial charge in [-0.3, -0.25) is 9.69 Å². The van der Waals surface area contributed by atoms with Crippen LogP contribution in [-0.2, 0) is 9.53 Å². The maximum Gasteiger partial charge on any atom is 0.309 e. The molecule has 4 nitrogen and oxygen atoms in total. The minimum Gasteiger partial charge on any atom is -0.469 e. The lowest BCUT2D eigenvalue weighted by Gasteiger charge is -2.66. The Bertz CT molecular complexity index is 731. The average Bonchev–Trinajstić information content (AvgIpc) is 3.31. The van der Waals surface area contributed by atoms with Gasteiger partial charge in [0, 0.05) is 36.6 Å². The summed E-state index contributed by atoms with van der Waals surface area (Å²) >= 11 is 0. The summed E-state index contributed by atoms with van der Waals surface area (Å²) in [7, 11) is 1.56. The molecule has 1 N–H and O–H groups in total. The number of rotatable bonds is 2. The third kappa shape index (κ3) is 1.73. The molecule has 4 heteroatoms. The number of nitrogens with zero attached hydrogens (tertiary/aromatic N) is 1. The van der Waals surface area contributed by atoms with Gasteiger partial charge in [-0.05, 0) is 68.6 Å². The first kappa shape index (κ1) is 17.0. The van der Waals surface area contributed by atoms with E-state index in [2.05, 4.69) is 11.8 Å². The normalized spacial score (nSPS) is 52.7. The number of hydrogen-bond acceptors (Lipinski definition) is 4. The molecule has 8 atom stereocenters. The van der Waals surface area contributed by atoms with Gasteiger partial charge >= 0.3 is 5.97 Å². The van der Waals surface area contributed by atoms with Crippen molar-refractivity contribution >= 4 is 5.97 Å². The van der Waals surface area contributed by atoms with Gasteiger partial charge in [0.1, 0.15) is 0 Å². The first-order valence-electron chi connectivity index (χ1n) is 11.2. The number of methoxy groups -OCH3 is 1. The molecule has 0 aromatic rings. The molecule has 27 heavy (non-hydrogen) atoms. The van der Waals surface area contributed by atoms with Crippen LogP contribution in [0.15, 0.2) is 11.1 Å². The van der Waals surface area contributed by atoms with Crippen molar-refractivity contribution in [2.75, 3.05) is 26.8 Å². The fourth-order valence-electron chi connectivity index (χ4n) is 9.47. The molecule has 4 fully saturated rings. The van der Waals surface area contributed by atoms with Crippen molar-refractivity contribution < 1.29 is 14.6 Å². The lowest BCUT2D eigenvalue weighted by atomic mass is 9.43. The van der Waals surface area contributed by atoms with E-state index in [9.17, 15) is 9.90 Å². The SMILES string of the molecule is COC(=O)[C@H]1C[C@@]23C4=C(CC[C@@H]5CN6C[C@H](C)[C@@H](CC[C@@]52CO)[C@H]63)CC[C@@H]41. The molecule has 4 aliphatic carbocycles. The van der Waals surface area contributed by atoms with Crippen molar-refractivity contribution in [1.82, 2.24) is 4.90 Å². The van der Waals surface area contributed by atoms with E-state index in [1.807, 2.05) is 0 Å². The predicted molar refractivity (Wildman–Crippen MR) is 102 cm³/mol. The van der Waals surface area contributed by atoms with Crippen LogP contribution in [0.5, 0.6) is 0 Å². The number of piperidine rings is 1.